The van der Waals surface area contributed by atoms with E-state index in [1.54, 1.807) is 6.08 Å². The SMILES string of the molecule is Cc1c(/C=C2\Oc3cc(O)cc(O)c3C2=O)c2ccccc2n1CCCCl. The second kappa shape index (κ2) is 6.67. The summed E-state index contributed by atoms with van der Waals surface area (Å²) < 4.78 is 7.82. The van der Waals surface area contributed by atoms with Gasteiger partial charge in [0.05, 0.1) is 0 Å². The molecule has 6 heteroatoms. The van der Waals surface area contributed by atoms with Crippen molar-refractivity contribution in [3.8, 4) is 17.2 Å². The number of halogens is 1. The molecule has 0 radical (unpaired) electrons. The highest BCUT2D eigenvalue weighted by Crippen LogP contribution is 2.41. The lowest BCUT2D eigenvalue weighted by Crippen LogP contribution is -2.02. The van der Waals surface area contributed by atoms with Crippen molar-refractivity contribution in [2.24, 2.45) is 0 Å². The van der Waals surface area contributed by atoms with Gasteiger partial charge in [-0.2, -0.15) is 0 Å². The Labute approximate surface area is 161 Å². The largest absolute Gasteiger partial charge is 0.508 e. The first-order valence-electron chi connectivity index (χ1n) is 8.65. The minimum absolute atomic E-state index is 0.0718. The van der Waals surface area contributed by atoms with Gasteiger partial charge in [-0.1, -0.05) is 18.2 Å². The first-order chi connectivity index (χ1) is 13.0. The molecule has 0 amide bonds. The van der Waals surface area contributed by atoms with Gasteiger partial charge in [-0.25, -0.2) is 0 Å². The predicted octanol–water partition coefficient (Wildman–Crippen LogP) is 4.61. The number of aromatic hydroxyl groups is 2. The molecule has 0 fully saturated rings. The molecular weight excluding hydrogens is 366 g/mol. The van der Waals surface area contributed by atoms with Crippen molar-refractivity contribution in [3.05, 3.63) is 59.0 Å². The van der Waals surface area contributed by atoms with Crippen LogP contribution in [0.2, 0.25) is 0 Å². The molecule has 0 saturated carbocycles. The number of phenolic OH excluding ortho intramolecular Hbond substituents is 2. The number of hydrogen-bond acceptors (Lipinski definition) is 4. The molecule has 0 atom stereocenters. The maximum Gasteiger partial charge on any atom is 0.235 e. The van der Waals surface area contributed by atoms with Gasteiger partial charge in [-0.15, -0.1) is 11.6 Å². The maximum absolute atomic E-state index is 12.7. The summed E-state index contributed by atoms with van der Waals surface area (Å²) in [7, 11) is 0. The predicted molar refractivity (Wildman–Crippen MR) is 105 cm³/mol. The number of rotatable bonds is 4. The number of carbonyl (C=O) groups excluding carboxylic acids is 1. The maximum atomic E-state index is 12.7. The van der Waals surface area contributed by atoms with Crippen molar-refractivity contribution in [3.63, 3.8) is 0 Å². The number of phenols is 2. The number of benzene rings is 2. The number of para-hydroxylation sites is 1. The van der Waals surface area contributed by atoms with E-state index in [0.29, 0.717) is 5.88 Å². The average molecular weight is 384 g/mol. The number of nitrogens with zero attached hydrogens (tertiary/aromatic N) is 1. The number of allylic oxidation sites excluding steroid dienone is 1. The minimum Gasteiger partial charge on any atom is -0.508 e. The standard InChI is InChI=1S/C21H18ClNO4/c1-12-15(14-5-2-3-6-16(14)23(12)8-4-7-22)11-19-21(26)20-17(25)9-13(24)10-18(20)27-19/h2-3,5-6,9-11,24-25H,4,7-8H2,1H3/b19-11-. The molecule has 0 unspecified atom stereocenters. The van der Waals surface area contributed by atoms with E-state index in [2.05, 4.69) is 4.57 Å². The molecular formula is C21H18ClNO4. The van der Waals surface area contributed by atoms with Crippen LogP contribution in [0.5, 0.6) is 17.2 Å². The molecule has 2 heterocycles. The van der Waals surface area contributed by atoms with E-state index in [0.717, 1.165) is 41.2 Å². The molecule has 0 bridgehead atoms. The Morgan fingerprint density at radius 1 is 1.22 bits per heavy atom. The molecule has 1 aliphatic rings. The fourth-order valence-corrected chi connectivity index (χ4v) is 3.67. The van der Waals surface area contributed by atoms with Crippen LogP contribution in [0.1, 0.15) is 28.0 Å². The summed E-state index contributed by atoms with van der Waals surface area (Å²) in [6, 6.07) is 10.4. The molecule has 1 aromatic heterocycles. The van der Waals surface area contributed by atoms with Gasteiger partial charge in [0.25, 0.3) is 0 Å². The Kier molecular flexibility index (Phi) is 4.32. The lowest BCUT2D eigenvalue weighted by Gasteiger charge is -2.06. The van der Waals surface area contributed by atoms with Gasteiger partial charge in [0.1, 0.15) is 22.8 Å². The fourth-order valence-electron chi connectivity index (χ4n) is 3.56. The molecule has 2 aromatic carbocycles. The highest BCUT2D eigenvalue weighted by molar-refractivity contribution is 6.18. The molecule has 27 heavy (non-hydrogen) atoms. The van der Waals surface area contributed by atoms with Crippen LogP contribution in [0.25, 0.3) is 17.0 Å². The van der Waals surface area contributed by atoms with Crippen molar-refractivity contribution in [1.29, 1.82) is 0 Å². The van der Waals surface area contributed by atoms with Gasteiger partial charge in [-0.3, -0.25) is 4.79 Å². The quantitative estimate of drug-likeness (QED) is 0.510. The Hall–Kier alpha value is -2.92. The van der Waals surface area contributed by atoms with E-state index in [9.17, 15) is 15.0 Å². The van der Waals surface area contributed by atoms with Crippen LogP contribution in [0.3, 0.4) is 0 Å². The zero-order valence-corrected chi connectivity index (χ0v) is 15.5. The lowest BCUT2D eigenvalue weighted by atomic mass is 10.1. The number of ketones is 1. The van der Waals surface area contributed by atoms with Crippen LogP contribution >= 0.6 is 11.6 Å². The molecule has 4 rings (SSSR count). The zero-order chi connectivity index (χ0) is 19.1. The van der Waals surface area contributed by atoms with Crippen molar-refractivity contribution < 1.29 is 19.7 Å². The Morgan fingerprint density at radius 2 is 2.00 bits per heavy atom. The van der Waals surface area contributed by atoms with Crippen LogP contribution in [0.15, 0.2) is 42.2 Å². The van der Waals surface area contributed by atoms with Gasteiger partial charge < -0.3 is 19.5 Å². The topological polar surface area (TPSA) is 71.7 Å². The average Bonchev–Trinajstić information content (AvgIpc) is 3.09. The Morgan fingerprint density at radius 3 is 2.78 bits per heavy atom. The number of aryl methyl sites for hydroxylation is 1. The molecule has 0 saturated heterocycles. The van der Waals surface area contributed by atoms with E-state index >= 15 is 0 Å². The molecule has 1 aliphatic heterocycles. The number of Topliss-reactive ketones (excluding diaryl/α,β-unsaturated/α-hetero) is 1. The molecule has 138 valence electrons. The van der Waals surface area contributed by atoms with Gasteiger partial charge in [0.15, 0.2) is 5.76 Å². The number of ether oxygens (including phenoxy) is 1. The summed E-state index contributed by atoms with van der Waals surface area (Å²) in [6.07, 6.45) is 2.54. The molecule has 5 nitrogen and oxygen atoms in total. The van der Waals surface area contributed by atoms with Crippen LogP contribution in [-0.2, 0) is 6.54 Å². The number of aromatic nitrogens is 1. The summed E-state index contributed by atoms with van der Waals surface area (Å²) in [4.78, 5) is 12.7. The van der Waals surface area contributed by atoms with Gasteiger partial charge in [0.2, 0.25) is 5.78 Å². The second-order valence-corrected chi connectivity index (χ2v) is 6.87. The number of hydrogen-bond donors (Lipinski definition) is 2. The third kappa shape index (κ3) is 2.84. The third-order valence-electron chi connectivity index (χ3n) is 4.81. The Bertz CT molecular complexity index is 1100. The summed E-state index contributed by atoms with van der Waals surface area (Å²) in [5.74, 6) is -0.00275. The minimum atomic E-state index is -0.403. The second-order valence-electron chi connectivity index (χ2n) is 6.49. The molecule has 3 aromatic rings. The number of alkyl halides is 1. The van der Waals surface area contributed by atoms with E-state index in [1.807, 2.05) is 31.2 Å². The van der Waals surface area contributed by atoms with Gasteiger partial charge in [-0.05, 0) is 25.5 Å². The van der Waals surface area contributed by atoms with Crippen molar-refractivity contribution in [2.45, 2.75) is 19.9 Å². The highest BCUT2D eigenvalue weighted by atomic mass is 35.5. The molecule has 2 N–H and O–H groups in total. The highest BCUT2D eigenvalue weighted by Gasteiger charge is 2.31. The van der Waals surface area contributed by atoms with E-state index in [4.69, 9.17) is 16.3 Å². The molecule has 0 spiro atoms. The summed E-state index contributed by atoms with van der Waals surface area (Å²) in [6.45, 7) is 2.78. The zero-order valence-electron chi connectivity index (χ0n) is 14.7. The van der Waals surface area contributed by atoms with E-state index in [1.165, 1.54) is 6.07 Å². The summed E-state index contributed by atoms with van der Waals surface area (Å²) in [5, 5.41) is 20.6. The normalized spacial score (nSPS) is 14.7. The van der Waals surface area contributed by atoms with Gasteiger partial charge in [0, 0.05) is 46.7 Å². The van der Waals surface area contributed by atoms with E-state index < -0.39 is 5.78 Å². The third-order valence-corrected chi connectivity index (χ3v) is 5.07. The first kappa shape index (κ1) is 17.5. The molecule has 0 aliphatic carbocycles. The summed E-state index contributed by atoms with van der Waals surface area (Å²) >= 11 is 5.86. The number of carbonyl (C=O) groups is 1. The van der Waals surface area contributed by atoms with Crippen LogP contribution in [-0.4, -0.2) is 26.4 Å². The van der Waals surface area contributed by atoms with Gasteiger partial charge >= 0.3 is 0 Å². The van der Waals surface area contributed by atoms with Crippen LogP contribution in [0, 0.1) is 6.92 Å². The number of fused-ring (bicyclic) bond motifs is 2. The summed E-state index contributed by atoms with van der Waals surface area (Å²) in [5.41, 5.74) is 3.03. The Balaban J connectivity index is 1.84. The van der Waals surface area contributed by atoms with Crippen molar-refractivity contribution >= 4 is 34.4 Å². The van der Waals surface area contributed by atoms with Crippen molar-refractivity contribution in [2.75, 3.05) is 5.88 Å². The first-order valence-corrected chi connectivity index (χ1v) is 9.18. The smallest absolute Gasteiger partial charge is 0.235 e. The van der Waals surface area contributed by atoms with Crippen LogP contribution < -0.4 is 4.74 Å². The monoisotopic (exact) mass is 383 g/mol. The van der Waals surface area contributed by atoms with Crippen molar-refractivity contribution in [1.82, 2.24) is 4.57 Å². The van der Waals surface area contributed by atoms with E-state index in [-0.39, 0.29) is 28.6 Å². The lowest BCUT2D eigenvalue weighted by molar-refractivity contribution is 0.101. The fraction of sp³-hybridized carbons (Fsp3) is 0.190. The van der Waals surface area contributed by atoms with Crippen LogP contribution in [0.4, 0.5) is 0 Å².